The number of furan rings is 1. The van der Waals surface area contributed by atoms with Crippen LogP contribution < -0.4 is 4.57 Å². The highest BCUT2D eigenvalue weighted by Crippen LogP contribution is 2.50. The quantitative estimate of drug-likeness (QED) is 0.255. The summed E-state index contributed by atoms with van der Waals surface area (Å²) in [6.45, 7) is 2.17. The molecule has 0 unspecified atom stereocenters. The molecule has 6 aromatic rings. The van der Waals surface area contributed by atoms with Crippen LogP contribution in [-0.4, -0.2) is 0 Å². The zero-order valence-corrected chi connectivity index (χ0v) is 19.2. The van der Waals surface area contributed by atoms with E-state index >= 15 is 0 Å². The Kier molecular flexibility index (Phi) is 4.07. The fourth-order valence-electron chi connectivity index (χ4n) is 5.80. The number of para-hydroxylation sites is 1. The van der Waals surface area contributed by atoms with Crippen LogP contribution in [0.2, 0.25) is 0 Å². The molecular formula is C32H24NO+. The van der Waals surface area contributed by atoms with Gasteiger partial charge in [-0.1, -0.05) is 78.9 Å². The van der Waals surface area contributed by atoms with Crippen LogP contribution in [0.3, 0.4) is 0 Å². The van der Waals surface area contributed by atoms with E-state index in [0.29, 0.717) is 0 Å². The topological polar surface area (TPSA) is 17.0 Å². The van der Waals surface area contributed by atoms with Crippen molar-refractivity contribution in [2.75, 3.05) is 0 Å². The summed E-state index contributed by atoms with van der Waals surface area (Å²) in [5.74, 6) is 0.161. The van der Waals surface area contributed by atoms with Crippen LogP contribution in [0, 0.1) is 6.92 Å². The summed E-state index contributed by atoms with van der Waals surface area (Å²) < 4.78 is 9.00. The van der Waals surface area contributed by atoms with Gasteiger partial charge >= 0.3 is 0 Å². The fraction of sp³-hybridized carbons (Fsp3) is 0.0938. The third-order valence-corrected chi connectivity index (χ3v) is 7.36. The lowest BCUT2D eigenvalue weighted by Crippen LogP contribution is -2.30. The van der Waals surface area contributed by atoms with Gasteiger partial charge in [-0.15, -0.1) is 0 Å². The molecule has 0 amide bonds. The predicted molar refractivity (Wildman–Crippen MR) is 138 cm³/mol. The Hall–Kier alpha value is -4.17. The first kappa shape index (κ1) is 19.3. The van der Waals surface area contributed by atoms with Crippen molar-refractivity contribution in [1.29, 1.82) is 0 Å². The molecule has 0 radical (unpaired) electrons. The standard InChI is InChI=1S/C32H24NO/c1-20-17-18-26-25-14-9-15-27(31(25)34-32(26)29(20)28-16-7-8-19-33(28)2)30-23-12-5-3-10-21(23)22-11-4-6-13-24(22)30/h3-19,30H,1-2H3/q+1. The van der Waals surface area contributed by atoms with Gasteiger partial charge in [0.2, 0.25) is 5.69 Å². The monoisotopic (exact) mass is 438 g/mol. The molecule has 2 heterocycles. The molecule has 0 bridgehead atoms. The van der Waals surface area contributed by atoms with Crippen molar-refractivity contribution in [3.63, 3.8) is 0 Å². The van der Waals surface area contributed by atoms with Crippen LogP contribution >= 0.6 is 0 Å². The summed E-state index contributed by atoms with van der Waals surface area (Å²) in [4.78, 5) is 0. The molecule has 1 aliphatic rings. The highest BCUT2D eigenvalue weighted by molar-refractivity contribution is 6.11. The second kappa shape index (κ2) is 7.16. The van der Waals surface area contributed by atoms with Crippen molar-refractivity contribution in [3.8, 4) is 22.4 Å². The van der Waals surface area contributed by atoms with Crippen molar-refractivity contribution in [3.05, 3.63) is 126 Å². The van der Waals surface area contributed by atoms with E-state index in [0.717, 1.165) is 22.4 Å². The summed E-state index contributed by atoms with van der Waals surface area (Å²) in [7, 11) is 2.09. The van der Waals surface area contributed by atoms with Gasteiger partial charge in [0.25, 0.3) is 0 Å². The van der Waals surface area contributed by atoms with E-state index in [-0.39, 0.29) is 5.92 Å². The average molecular weight is 439 g/mol. The number of benzene rings is 4. The van der Waals surface area contributed by atoms with E-state index in [9.17, 15) is 0 Å². The van der Waals surface area contributed by atoms with Gasteiger partial charge in [0.05, 0.1) is 5.56 Å². The van der Waals surface area contributed by atoms with Crippen LogP contribution in [0.15, 0.2) is 108 Å². The Morgan fingerprint density at radius 3 is 2.00 bits per heavy atom. The smallest absolute Gasteiger partial charge is 0.216 e. The van der Waals surface area contributed by atoms with Crippen molar-refractivity contribution >= 4 is 21.9 Å². The average Bonchev–Trinajstić information content (AvgIpc) is 3.41. The van der Waals surface area contributed by atoms with Crippen LogP contribution in [0.25, 0.3) is 44.3 Å². The Bertz CT molecular complexity index is 1690. The van der Waals surface area contributed by atoms with Crippen LogP contribution in [0.5, 0.6) is 0 Å². The maximum Gasteiger partial charge on any atom is 0.216 e. The summed E-state index contributed by atoms with van der Waals surface area (Å²) in [6.07, 6.45) is 2.09. The van der Waals surface area contributed by atoms with E-state index in [2.05, 4.69) is 122 Å². The highest BCUT2D eigenvalue weighted by atomic mass is 16.3. The van der Waals surface area contributed by atoms with E-state index in [1.165, 1.54) is 44.2 Å². The van der Waals surface area contributed by atoms with Gasteiger partial charge in [-0.2, -0.15) is 0 Å². The number of nitrogens with zero attached hydrogens (tertiary/aromatic N) is 1. The first-order chi connectivity index (χ1) is 16.7. The van der Waals surface area contributed by atoms with Gasteiger partial charge in [0.1, 0.15) is 18.2 Å². The molecule has 0 N–H and O–H groups in total. The third-order valence-electron chi connectivity index (χ3n) is 7.36. The van der Waals surface area contributed by atoms with Crippen molar-refractivity contribution < 1.29 is 8.98 Å². The molecule has 2 nitrogen and oxygen atoms in total. The number of pyridine rings is 1. The van der Waals surface area contributed by atoms with Crippen LogP contribution in [-0.2, 0) is 7.05 Å². The Balaban J connectivity index is 1.55. The number of aryl methyl sites for hydroxylation is 2. The molecule has 0 atom stereocenters. The zero-order valence-electron chi connectivity index (χ0n) is 19.2. The first-order valence-electron chi connectivity index (χ1n) is 11.8. The van der Waals surface area contributed by atoms with Gasteiger partial charge in [-0.3, -0.25) is 0 Å². The van der Waals surface area contributed by atoms with Crippen LogP contribution in [0.4, 0.5) is 0 Å². The summed E-state index contributed by atoms with van der Waals surface area (Å²) in [5, 5.41) is 2.34. The van der Waals surface area contributed by atoms with Gasteiger partial charge in [0.15, 0.2) is 6.20 Å². The lowest BCUT2D eigenvalue weighted by atomic mass is 9.88. The van der Waals surface area contributed by atoms with Gasteiger partial charge in [0, 0.05) is 34.4 Å². The van der Waals surface area contributed by atoms with E-state index in [1.807, 2.05) is 0 Å². The lowest BCUT2D eigenvalue weighted by molar-refractivity contribution is -0.660. The van der Waals surface area contributed by atoms with Gasteiger partial charge in [-0.25, -0.2) is 4.57 Å². The number of hydrogen-bond donors (Lipinski definition) is 0. The van der Waals surface area contributed by atoms with E-state index < -0.39 is 0 Å². The molecule has 2 aromatic heterocycles. The Labute approximate surface area is 198 Å². The maximum atomic E-state index is 6.83. The first-order valence-corrected chi connectivity index (χ1v) is 11.8. The number of rotatable bonds is 2. The van der Waals surface area contributed by atoms with Crippen LogP contribution in [0.1, 0.15) is 28.2 Å². The third kappa shape index (κ3) is 2.60. The molecule has 7 rings (SSSR count). The molecule has 0 fully saturated rings. The molecule has 0 spiro atoms. The minimum absolute atomic E-state index is 0.161. The van der Waals surface area contributed by atoms with Gasteiger partial charge < -0.3 is 4.42 Å². The zero-order chi connectivity index (χ0) is 22.8. The molecule has 0 aliphatic heterocycles. The fourth-order valence-corrected chi connectivity index (χ4v) is 5.80. The minimum Gasteiger partial charge on any atom is -0.455 e. The Morgan fingerprint density at radius 1 is 0.618 bits per heavy atom. The molecule has 2 heteroatoms. The molecule has 0 saturated carbocycles. The van der Waals surface area contributed by atoms with Crippen molar-refractivity contribution in [1.82, 2.24) is 0 Å². The molecular weight excluding hydrogens is 414 g/mol. The highest BCUT2D eigenvalue weighted by Gasteiger charge is 2.32. The van der Waals surface area contributed by atoms with E-state index in [4.69, 9.17) is 4.42 Å². The molecule has 1 aliphatic carbocycles. The second-order valence-electron chi connectivity index (χ2n) is 9.26. The molecule has 162 valence electrons. The number of aromatic nitrogens is 1. The summed E-state index contributed by atoms with van der Waals surface area (Å²) in [5.41, 5.74) is 12.1. The molecule has 4 aromatic carbocycles. The Morgan fingerprint density at radius 2 is 1.26 bits per heavy atom. The SMILES string of the molecule is Cc1ccc2c(oc3c(C4c5ccccc5-c5ccccc54)cccc32)c1-c1cccc[n+]1C. The summed E-state index contributed by atoms with van der Waals surface area (Å²) >= 11 is 0. The second-order valence-corrected chi connectivity index (χ2v) is 9.26. The largest absolute Gasteiger partial charge is 0.455 e. The predicted octanol–water partition coefficient (Wildman–Crippen LogP) is 7.55. The number of hydrogen-bond acceptors (Lipinski definition) is 1. The summed E-state index contributed by atoms with van der Waals surface area (Å²) in [6, 6.07) is 34.9. The van der Waals surface area contributed by atoms with Crippen molar-refractivity contribution in [2.45, 2.75) is 12.8 Å². The normalized spacial score (nSPS) is 12.9. The van der Waals surface area contributed by atoms with Crippen molar-refractivity contribution in [2.24, 2.45) is 7.05 Å². The maximum absolute atomic E-state index is 6.83. The minimum atomic E-state index is 0.161. The lowest BCUT2D eigenvalue weighted by Gasteiger charge is -2.14. The van der Waals surface area contributed by atoms with Gasteiger partial charge in [-0.05, 0) is 40.8 Å². The molecule has 34 heavy (non-hydrogen) atoms. The van der Waals surface area contributed by atoms with E-state index in [1.54, 1.807) is 0 Å². The molecule has 0 saturated heterocycles. The number of fused-ring (bicyclic) bond motifs is 6.